The highest BCUT2D eigenvalue weighted by molar-refractivity contribution is 6.31. The fourth-order valence-corrected chi connectivity index (χ4v) is 2.22. The Bertz CT molecular complexity index is 503. The van der Waals surface area contributed by atoms with Gasteiger partial charge < -0.3 is 4.98 Å². The number of rotatable bonds is 0. The van der Waals surface area contributed by atoms with Crippen LogP contribution in [0.4, 0.5) is 0 Å². The van der Waals surface area contributed by atoms with Crippen LogP contribution >= 0.6 is 11.6 Å². The fourth-order valence-electron chi connectivity index (χ4n) is 2.05. The van der Waals surface area contributed by atoms with E-state index in [1.165, 1.54) is 22.2 Å². The first kappa shape index (κ1) is 10.6. The standard InChI is InChI=1S/C13H16ClN/c1-8-10-7-9(14)5-6-11(10)15-12(8)13(2,3)4/h5-7,15H,1-4H3. The van der Waals surface area contributed by atoms with Crippen LogP contribution in [0.1, 0.15) is 32.0 Å². The third-order valence-electron chi connectivity index (χ3n) is 2.77. The molecule has 1 heterocycles. The average Bonchev–Trinajstić information content (AvgIpc) is 2.43. The molecule has 2 heteroatoms. The highest BCUT2D eigenvalue weighted by Crippen LogP contribution is 2.31. The summed E-state index contributed by atoms with van der Waals surface area (Å²) in [5.41, 5.74) is 3.91. The third kappa shape index (κ3) is 1.76. The van der Waals surface area contributed by atoms with Gasteiger partial charge in [0.05, 0.1) is 0 Å². The molecule has 2 aromatic rings. The van der Waals surface area contributed by atoms with Crippen LogP contribution in [0.15, 0.2) is 18.2 Å². The van der Waals surface area contributed by atoms with Gasteiger partial charge in [-0.15, -0.1) is 0 Å². The van der Waals surface area contributed by atoms with Crippen molar-refractivity contribution in [3.05, 3.63) is 34.5 Å². The van der Waals surface area contributed by atoms with Crippen molar-refractivity contribution in [1.29, 1.82) is 0 Å². The second kappa shape index (κ2) is 3.28. The van der Waals surface area contributed by atoms with Crippen LogP contribution in [0.5, 0.6) is 0 Å². The lowest BCUT2D eigenvalue weighted by atomic mass is 9.89. The van der Waals surface area contributed by atoms with Crippen molar-refractivity contribution in [2.24, 2.45) is 0 Å². The van der Waals surface area contributed by atoms with Crippen molar-refractivity contribution in [2.75, 3.05) is 0 Å². The maximum Gasteiger partial charge on any atom is 0.0460 e. The maximum absolute atomic E-state index is 6.00. The number of nitrogens with one attached hydrogen (secondary N) is 1. The van der Waals surface area contributed by atoms with E-state index in [2.05, 4.69) is 32.7 Å². The number of hydrogen-bond acceptors (Lipinski definition) is 0. The van der Waals surface area contributed by atoms with Crippen LogP contribution in [0.25, 0.3) is 10.9 Å². The molecule has 0 saturated heterocycles. The van der Waals surface area contributed by atoms with E-state index in [9.17, 15) is 0 Å². The minimum atomic E-state index is 0.148. The molecule has 1 nitrogen and oxygen atoms in total. The molecule has 2 rings (SSSR count). The molecule has 0 atom stereocenters. The summed E-state index contributed by atoms with van der Waals surface area (Å²) in [5, 5.41) is 2.03. The van der Waals surface area contributed by atoms with Crippen molar-refractivity contribution in [3.8, 4) is 0 Å². The van der Waals surface area contributed by atoms with E-state index in [0.717, 1.165) is 5.02 Å². The molecule has 0 fully saturated rings. The predicted octanol–water partition coefficient (Wildman–Crippen LogP) is 4.43. The summed E-state index contributed by atoms with van der Waals surface area (Å²) < 4.78 is 0. The SMILES string of the molecule is Cc1c(C(C)(C)C)[nH]c2ccc(Cl)cc12. The Morgan fingerprint density at radius 1 is 1.20 bits per heavy atom. The molecular formula is C13H16ClN. The molecule has 0 spiro atoms. The second-order valence-corrected chi connectivity index (χ2v) is 5.50. The van der Waals surface area contributed by atoms with Gasteiger partial charge in [-0.1, -0.05) is 32.4 Å². The molecule has 1 aromatic heterocycles. The molecule has 0 aliphatic heterocycles. The van der Waals surface area contributed by atoms with Gasteiger partial charge in [0, 0.05) is 27.0 Å². The van der Waals surface area contributed by atoms with Gasteiger partial charge >= 0.3 is 0 Å². The molecule has 0 bridgehead atoms. The van der Waals surface area contributed by atoms with Crippen LogP contribution < -0.4 is 0 Å². The lowest BCUT2D eigenvalue weighted by molar-refractivity contribution is 0.570. The molecule has 1 aromatic carbocycles. The van der Waals surface area contributed by atoms with E-state index < -0.39 is 0 Å². The van der Waals surface area contributed by atoms with Crippen LogP contribution in [0.2, 0.25) is 5.02 Å². The zero-order valence-corrected chi connectivity index (χ0v) is 10.4. The molecular weight excluding hydrogens is 206 g/mol. The minimum Gasteiger partial charge on any atom is -0.358 e. The summed E-state index contributed by atoms with van der Waals surface area (Å²) in [6.45, 7) is 8.79. The molecule has 0 aliphatic carbocycles. The topological polar surface area (TPSA) is 15.8 Å². The molecule has 15 heavy (non-hydrogen) atoms. The first-order valence-electron chi connectivity index (χ1n) is 5.18. The van der Waals surface area contributed by atoms with E-state index in [1.54, 1.807) is 0 Å². The van der Waals surface area contributed by atoms with E-state index in [-0.39, 0.29) is 5.41 Å². The summed E-state index contributed by atoms with van der Waals surface area (Å²) in [4.78, 5) is 3.47. The number of halogens is 1. The highest BCUT2D eigenvalue weighted by atomic mass is 35.5. The van der Waals surface area contributed by atoms with Crippen molar-refractivity contribution < 1.29 is 0 Å². The average molecular weight is 222 g/mol. The van der Waals surface area contributed by atoms with Crippen molar-refractivity contribution in [2.45, 2.75) is 33.1 Å². The molecule has 0 aliphatic rings. The number of aromatic amines is 1. The minimum absolute atomic E-state index is 0.148. The lowest BCUT2D eigenvalue weighted by Crippen LogP contribution is -2.12. The maximum atomic E-state index is 6.00. The van der Waals surface area contributed by atoms with Gasteiger partial charge in [0.1, 0.15) is 0 Å². The van der Waals surface area contributed by atoms with Gasteiger partial charge in [-0.05, 0) is 30.7 Å². The van der Waals surface area contributed by atoms with Crippen LogP contribution in [-0.4, -0.2) is 4.98 Å². The van der Waals surface area contributed by atoms with Crippen LogP contribution in [0.3, 0.4) is 0 Å². The summed E-state index contributed by atoms with van der Waals surface area (Å²) in [6, 6.07) is 5.99. The Morgan fingerprint density at radius 3 is 2.47 bits per heavy atom. The zero-order valence-electron chi connectivity index (χ0n) is 9.61. The fraction of sp³-hybridized carbons (Fsp3) is 0.385. The zero-order chi connectivity index (χ0) is 11.2. The number of benzene rings is 1. The molecule has 1 N–H and O–H groups in total. The Morgan fingerprint density at radius 2 is 1.87 bits per heavy atom. The second-order valence-electron chi connectivity index (χ2n) is 5.06. The van der Waals surface area contributed by atoms with E-state index in [0.29, 0.717) is 0 Å². The largest absolute Gasteiger partial charge is 0.358 e. The van der Waals surface area contributed by atoms with Crippen molar-refractivity contribution in [1.82, 2.24) is 4.98 Å². The lowest BCUT2D eigenvalue weighted by Gasteiger charge is -2.17. The normalized spacial score (nSPS) is 12.3. The Labute approximate surface area is 95.5 Å². The monoisotopic (exact) mass is 221 g/mol. The number of aromatic nitrogens is 1. The molecule has 0 unspecified atom stereocenters. The van der Waals surface area contributed by atoms with E-state index in [4.69, 9.17) is 11.6 Å². The quantitative estimate of drug-likeness (QED) is 0.678. The van der Waals surface area contributed by atoms with Gasteiger partial charge in [0.15, 0.2) is 0 Å². The summed E-state index contributed by atoms with van der Waals surface area (Å²) in [7, 11) is 0. The summed E-state index contributed by atoms with van der Waals surface area (Å²) >= 11 is 6.00. The molecule has 0 amide bonds. The van der Waals surface area contributed by atoms with Gasteiger partial charge in [-0.3, -0.25) is 0 Å². The smallest absolute Gasteiger partial charge is 0.0460 e. The number of aryl methyl sites for hydroxylation is 1. The third-order valence-corrected chi connectivity index (χ3v) is 3.01. The number of H-pyrrole nitrogens is 1. The van der Waals surface area contributed by atoms with Gasteiger partial charge in [-0.25, -0.2) is 0 Å². The first-order valence-corrected chi connectivity index (χ1v) is 5.55. The van der Waals surface area contributed by atoms with Crippen LogP contribution in [-0.2, 0) is 5.41 Å². The van der Waals surface area contributed by atoms with Crippen LogP contribution in [0, 0.1) is 6.92 Å². The predicted molar refractivity (Wildman–Crippen MR) is 66.7 cm³/mol. The summed E-state index contributed by atoms with van der Waals surface area (Å²) in [6.07, 6.45) is 0. The van der Waals surface area contributed by atoms with E-state index >= 15 is 0 Å². The van der Waals surface area contributed by atoms with Gasteiger partial charge in [-0.2, -0.15) is 0 Å². The van der Waals surface area contributed by atoms with Gasteiger partial charge in [0.25, 0.3) is 0 Å². The van der Waals surface area contributed by atoms with Gasteiger partial charge in [0.2, 0.25) is 0 Å². The Kier molecular flexibility index (Phi) is 2.31. The first-order chi connectivity index (χ1) is 6.89. The number of hydrogen-bond donors (Lipinski definition) is 1. The Hall–Kier alpha value is -0.950. The molecule has 0 saturated carbocycles. The van der Waals surface area contributed by atoms with E-state index in [1.807, 2.05) is 18.2 Å². The highest BCUT2D eigenvalue weighted by Gasteiger charge is 2.19. The Balaban J connectivity index is 2.76. The number of fused-ring (bicyclic) bond motifs is 1. The summed E-state index contributed by atoms with van der Waals surface area (Å²) in [5.74, 6) is 0. The van der Waals surface area contributed by atoms with Crippen molar-refractivity contribution in [3.63, 3.8) is 0 Å². The molecule has 80 valence electrons. The molecule has 0 radical (unpaired) electrons. The van der Waals surface area contributed by atoms with Crippen molar-refractivity contribution >= 4 is 22.5 Å².